The number of sulfonamides is 1. The highest BCUT2D eigenvalue weighted by Gasteiger charge is 2.46. The lowest BCUT2D eigenvalue weighted by Gasteiger charge is -2.23. The molecule has 1 aliphatic heterocycles. The molecule has 2 aliphatic rings. The zero-order valence-electron chi connectivity index (χ0n) is 22.7. The van der Waals surface area contributed by atoms with Crippen molar-refractivity contribution < 1.29 is 31.8 Å². The van der Waals surface area contributed by atoms with Crippen molar-refractivity contribution in [2.24, 2.45) is 5.92 Å². The van der Waals surface area contributed by atoms with Crippen LogP contribution >= 0.6 is 0 Å². The van der Waals surface area contributed by atoms with E-state index in [0.29, 0.717) is 28.3 Å². The molecule has 1 aliphatic carbocycles. The zero-order valence-corrected chi connectivity index (χ0v) is 23.5. The van der Waals surface area contributed by atoms with E-state index >= 15 is 0 Å². The van der Waals surface area contributed by atoms with E-state index in [1.54, 1.807) is 4.68 Å². The topological polar surface area (TPSA) is 102 Å². The van der Waals surface area contributed by atoms with Crippen molar-refractivity contribution >= 4 is 26.9 Å². The van der Waals surface area contributed by atoms with Crippen LogP contribution in [-0.2, 0) is 27.7 Å². The number of carboxylic acid groups (broad SMARTS) is 1. The zero-order chi connectivity index (χ0) is 28.6. The number of alkyl halides is 2. The van der Waals surface area contributed by atoms with Gasteiger partial charge >= 0.3 is 5.97 Å². The third kappa shape index (κ3) is 5.85. The number of ether oxygens (including phenoxy) is 1. The number of rotatable bonds is 10. The second-order valence-electron chi connectivity index (χ2n) is 11.2. The molecule has 5 rings (SSSR count). The summed E-state index contributed by atoms with van der Waals surface area (Å²) in [7, 11) is -4.25. The SMILES string of the molecule is CC(C)Oc1ccc(S(=O)(=O)N2C[C@H](n3nc(CC(=O)O)c4ccc(CC5CCCC5)cc43)C[C@@H]2C(F)F)cc1. The summed E-state index contributed by atoms with van der Waals surface area (Å²) in [4.78, 5) is 11.5. The number of hydrogen-bond donors (Lipinski definition) is 1. The molecule has 1 N–H and O–H groups in total. The van der Waals surface area contributed by atoms with Crippen molar-refractivity contribution in [2.75, 3.05) is 6.54 Å². The summed E-state index contributed by atoms with van der Waals surface area (Å²) in [6, 6.07) is 9.36. The number of benzene rings is 2. The first-order valence-corrected chi connectivity index (χ1v) is 15.3. The average Bonchev–Trinajstić information content (AvgIpc) is 3.63. The van der Waals surface area contributed by atoms with E-state index in [1.807, 2.05) is 32.0 Å². The summed E-state index contributed by atoms with van der Waals surface area (Å²) in [5.41, 5.74) is 2.07. The van der Waals surface area contributed by atoms with E-state index in [1.165, 1.54) is 37.1 Å². The maximum atomic E-state index is 14.3. The number of aliphatic carboxylic acids is 1. The molecular weight excluding hydrogens is 540 g/mol. The second kappa shape index (κ2) is 11.4. The predicted octanol–water partition coefficient (Wildman–Crippen LogP) is 5.45. The first-order valence-electron chi connectivity index (χ1n) is 13.8. The summed E-state index contributed by atoms with van der Waals surface area (Å²) in [6.07, 6.45) is 2.18. The van der Waals surface area contributed by atoms with E-state index in [-0.39, 0.29) is 30.4 Å². The molecule has 8 nitrogen and oxygen atoms in total. The van der Waals surface area contributed by atoms with Crippen molar-refractivity contribution in [3.05, 3.63) is 53.7 Å². The Balaban J connectivity index is 1.49. The van der Waals surface area contributed by atoms with Crippen LogP contribution in [0.1, 0.15) is 63.3 Å². The number of nitrogens with zero attached hydrogens (tertiary/aromatic N) is 3. The van der Waals surface area contributed by atoms with Crippen LogP contribution in [0.3, 0.4) is 0 Å². The summed E-state index contributed by atoms with van der Waals surface area (Å²) >= 11 is 0. The van der Waals surface area contributed by atoms with Crippen LogP contribution in [-0.4, -0.2) is 58.7 Å². The number of aromatic nitrogens is 2. The molecule has 0 amide bonds. The average molecular weight is 576 g/mol. The minimum atomic E-state index is -4.25. The van der Waals surface area contributed by atoms with Crippen LogP contribution < -0.4 is 4.74 Å². The number of fused-ring (bicyclic) bond motifs is 1. The molecule has 0 spiro atoms. The summed E-state index contributed by atoms with van der Waals surface area (Å²) in [5.74, 6) is 0.0218. The van der Waals surface area contributed by atoms with Crippen molar-refractivity contribution in [3.8, 4) is 5.75 Å². The summed E-state index contributed by atoms with van der Waals surface area (Å²) in [6.45, 7) is 3.50. The molecule has 216 valence electrons. The van der Waals surface area contributed by atoms with Gasteiger partial charge in [0.25, 0.3) is 6.43 Å². The number of carbonyl (C=O) groups is 1. The molecule has 2 heterocycles. The minimum absolute atomic E-state index is 0.0920. The van der Waals surface area contributed by atoms with E-state index in [9.17, 15) is 27.1 Å². The van der Waals surface area contributed by atoms with Gasteiger partial charge in [-0.2, -0.15) is 9.40 Å². The van der Waals surface area contributed by atoms with Crippen LogP contribution in [0.2, 0.25) is 0 Å². The van der Waals surface area contributed by atoms with Crippen molar-refractivity contribution in [1.82, 2.24) is 14.1 Å². The lowest BCUT2D eigenvalue weighted by Crippen LogP contribution is -2.39. The summed E-state index contributed by atoms with van der Waals surface area (Å²) < 4.78 is 63.7. The van der Waals surface area contributed by atoms with Gasteiger partial charge < -0.3 is 9.84 Å². The first kappa shape index (κ1) is 28.5. The molecule has 1 saturated carbocycles. The van der Waals surface area contributed by atoms with Gasteiger partial charge in [-0.05, 0) is 68.5 Å². The largest absolute Gasteiger partial charge is 0.491 e. The maximum absolute atomic E-state index is 14.3. The Labute approximate surface area is 233 Å². The Hall–Kier alpha value is -3.05. The van der Waals surface area contributed by atoms with Gasteiger partial charge in [0.05, 0.1) is 40.7 Å². The highest BCUT2D eigenvalue weighted by molar-refractivity contribution is 7.89. The molecule has 1 saturated heterocycles. The molecular formula is C29H35F2N3O5S. The molecule has 0 unspecified atom stereocenters. The van der Waals surface area contributed by atoms with Gasteiger partial charge in [0, 0.05) is 11.9 Å². The Kier molecular flexibility index (Phi) is 8.15. The van der Waals surface area contributed by atoms with Gasteiger partial charge in [-0.15, -0.1) is 0 Å². The molecule has 3 aromatic rings. The fourth-order valence-electron chi connectivity index (χ4n) is 6.07. The highest BCUT2D eigenvalue weighted by Crippen LogP contribution is 2.38. The Morgan fingerprint density at radius 1 is 1.12 bits per heavy atom. The molecule has 0 bridgehead atoms. The van der Waals surface area contributed by atoms with E-state index in [0.717, 1.165) is 29.1 Å². The van der Waals surface area contributed by atoms with Crippen LogP contribution in [0.25, 0.3) is 10.9 Å². The molecule has 11 heteroatoms. The minimum Gasteiger partial charge on any atom is -0.491 e. The maximum Gasteiger partial charge on any atom is 0.309 e. The molecule has 1 aromatic heterocycles. The van der Waals surface area contributed by atoms with Crippen LogP contribution in [0, 0.1) is 5.92 Å². The van der Waals surface area contributed by atoms with Crippen molar-refractivity contribution in [3.63, 3.8) is 0 Å². The van der Waals surface area contributed by atoms with Gasteiger partial charge in [0.15, 0.2) is 0 Å². The van der Waals surface area contributed by atoms with Gasteiger partial charge in [0.1, 0.15) is 5.75 Å². The highest BCUT2D eigenvalue weighted by atomic mass is 32.2. The molecule has 2 fully saturated rings. The monoisotopic (exact) mass is 575 g/mol. The Morgan fingerprint density at radius 3 is 2.45 bits per heavy atom. The van der Waals surface area contributed by atoms with Crippen molar-refractivity contribution in [1.29, 1.82) is 0 Å². The first-order chi connectivity index (χ1) is 19.0. The standard InChI is InChI=1S/C29H35F2N3O5S/c1-18(2)39-22-8-10-23(11-9-22)40(37,38)33-17-21(15-27(33)29(30)31)34-26-14-20(13-19-5-3-4-6-19)7-12-24(26)25(32-34)16-28(35)36/h7-12,14,18-19,21,27,29H,3-6,13,15-17H2,1-2H3,(H,35,36)/t21-,27-/m1/s1. The van der Waals surface area contributed by atoms with Gasteiger partial charge in [0.2, 0.25) is 10.0 Å². The predicted molar refractivity (Wildman–Crippen MR) is 146 cm³/mol. The molecule has 0 radical (unpaired) electrons. The number of halogens is 2. The quantitative estimate of drug-likeness (QED) is 0.345. The number of hydrogen-bond acceptors (Lipinski definition) is 5. The van der Waals surface area contributed by atoms with E-state index < -0.39 is 34.5 Å². The number of carboxylic acids is 1. The fraction of sp³-hybridized carbons (Fsp3) is 0.517. The van der Waals surface area contributed by atoms with Crippen LogP contribution in [0.5, 0.6) is 5.75 Å². The van der Waals surface area contributed by atoms with Gasteiger partial charge in [-0.1, -0.05) is 37.8 Å². The fourth-order valence-corrected chi connectivity index (χ4v) is 7.72. The van der Waals surface area contributed by atoms with E-state index in [2.05, 4.69) is 5.10 Å². The molecule has 40 heavy (non-hydrogen) atoms. The normalized spacial score (nSPS) is 20.8. The molecule has 2 atom stereocenters. The lowest BCUT2D eigenvalue weighted by molar-refractivity contribution is -0.136. The van der Waals surface area contributed by atoms with Crippen LogP contribution in [0.15, 0.2) is 47.4 Å². The molecule has 2 aromatic carbocycles. The third-order valence-electron chi connectivity index (χ3n) is 7.88. The van der Waals surface area contributed by atoms with Gasteiger partial charge in [-0.3, -0.25) is 9.48 Å². The van der Waals surface area contributed by atoms with Gasteiger partial charge in [-0.25, -0.2) is 17.2 Å². The third-order valence-corrected chi connectivity index (χ3v) is 9.78. The smallest absolute Gasteiger partial charge is 0.309 e. The van der Waals surface area contributed by atoms with Crippen molar-refractivity contribution in [2.45, 2.75) is 88.3 Å². The summed E-state index contributed by atoms with van der Waals surface area (Å²) in [5, 5.41) is 14.7. The van der Waals surface area contributed by atoms with Crippen LogP contribution in [0.4, 0.5) is 8.78 Å². The lowest BCUT2D eigenvalue weighted by atomic mass is 9.97. The Bertz CT molecular complexity index is 1470. The Morgan fingerprint density at radius 2 is 1.82 bits per heavy atom. The van der Waals surface area contributed by atoms with E-state index in [4.69, 9.17) is 4.74 Å². The second-order valence-corrected chi connectivity index (χ2v) is 13.1.